The molecule has 2 heterocycles. The molecule has 0 aromatic carbocycles. The normalized spacial score (nSPS) is 20.4. The quantitative estimate of drug-likeness (QED) is 0.795. The molecule has 2 rings (SSSR count). The summed E-state index contributed by atoms with van der Waals surface area (Å²) in [7, 11) is 0. The second-order valence-electron chi connectivity index (χ2n) is 3.74. The third-order valence-electron chi connectivity index (χ3n) is 2.51. The molecule has 16 heavy (non-hydrogen) atoms. The number of hydrogen-bond donors (Lipinski definition) is 2. The first kappa shape index (κ1) is 11.3. The molecule has 1 amide bonds. The highest BCUT2D eigenvalue weighted by Gasteiger charge is 2.18. The Bertz CT molecular complexity index is 379. The van der Waals surface area contributed by atoms with Gasteiger partial charge in [-0.2, -0.15) is 0 Å². The number of nitrogens with one attached hydrogen (secondary N) is 2. The number of rotatable bonds is 2. The zero-order valence-corrected chi connectivity index (χ0v) is 9.50. The molecule has 1 aromatic rings. The first-order valence-electron chi connectivity index (χ1n) is 5.24. The van der Waals surface area contributed by atoms with E-state index in [1.165, 1.54) is 12.5 Å². The average Bonchev–Trinajstić information content (AvgIpc) is 2.31. The Morgan fingerprint density at radius 2 is 2.50 bits per heavy atom. The van der Waals surface area contributed by atoms with Crippen molar-refractivity contribution in [2.45, 2.75) is 18.9 Å². The number of nitrogens with zero attached hydrogens (tertiary/aromatic N) is 2. The first-order chi connectivity index (χ1) is 7.77. The molecule has 0 spiro atoms. The van der Waals surface area contributed by atoms with Gasteiger partial charge in [-0.1, -0.05) is 11.6 Å². The van der Waals surface area contributed by atoms with E-state index in [0.29, 0.717) is 0 Å². The summed E-state index contributed by atoms with van der Waals surface area (Å²) in [5.74, 6) is -0.235. The maximum atomic E-state index is 11.8. The fourth-order valence-electron chi connectivity index (χ4n) is 1.71. The van der Waals surface area contributed by atoms with Gasteiger partial charge in [0.2, 0.25) is 0 Å². The Balaban J connectivity index is 2.00. The molecular weight excluding hydrogens is 228 g/mol. The van der Waals surface area contributed by atoms with Crippen molar-refractivity contribution in [3.05, 3.63) is 23.2 Å². The Kier molecular flexibility index (Phi) is 3.69. The Morgan fingerprint density at radius 3 is 3.19 bits per heavy atom. The van der Waals surface area contributed by atoms with Crippen molar-refractivity contribution >= 4 is 17.5 Å². The van der Waals surface area contributed by atoms with Gasteiger partial charge in [0.1, 0.15) is 12.0 Å². The van der Waals surface area contributed by atoms with Gasteiger partial charge < -0.3 is 10.6 Å². The minimum absolute atomic E-state index is 0.160. The van der Waals surface area contributed by atoms with Crippen molar-refractivity contribution in [1.29, 1.82) is 0 Å². The van der Waals surface area contributed by atoms with Crippen LogP contribution in [0.4, 0.5) is 0 Å². The second kappa shape index (κ2) is 5.23. The lowest BCUT2D eigenvalue weighted by Gasteiger charge is -2.23. The second-order valence-corrected chi connectivity index (χ2v) is 4.14. The largest absolute Gasteiger partial charge is 0.347 e. The summed E-state index contributed by atoms with van der Waals surface area (Å²) in [6.45, 7) is 1.81. The highest BCUT2D eigenvalue weighted by atomic mass is 35.5. The van der Waals surface area contributed by atoms with E-state index >= 15 is 0 Å². The summed E-state index contributed by atoms with van der Waals surface area (Å²) in [6.07, 6.45) is 4.80. The number of carbonyl (C=O) groups excluding carboxylic acids is 1. The Labute approximate surface area is 98.6 Å². The molecule has 1 saturated heterocycles. The van der Waals surface area contributed by atoms with Crippen LogP contribution in [0.15, 0.2) is 12.5 Å². The smallest absolute Gasteiger partial charge is 0.271 e. The molecule has 0 unspecified atom stereocenters. The Morgan fingerprint density at radius 1 is 1.62 bits per heavy atom. The van der Waals surface area contributed by atoms with Gasteiger partial charge in [0.25, 0.3) is 5.91 Å². The van der Waals surface area contributed by atoms with Crippen LogP contribution in [0.1, 0.15) is 23.3 Å². The van der Waals surface area contributed by atoms with Gasteiger partial charge in [-0.15, -0.1) is 0 Å². The lowest BCUT2D eigenvalue weighted by Crippen LogP contribution is -2.45. The number of aromatic nitrogens is 2. The molecule has 1 aliphatic heterocycles. The molecule has 1 atom stereocenters. The van der Waals surface area contributed by atoms with Crippen LogP contribution >= 0.6 is 11.6 Å². The standard InChI is InChI=1S/C10H13ClN4O/c11-8-5-13-6-14-9(8)10(16)15-7-2-1-3-12-4-7/h5-7,12H,1-4H2,(H,15,16)/t7-/m0/s1. The molecule has 1 fully saturated rings. The van der Waals surface area contributed by atoms with Crippen LogP contribution in [-0.2, 0) is 0 Å². The zero-order valence-electron chi connectivity index (χ0n) is 8.74. The van der Waals surface area contributed by atoms with Crippen molar-refractivity contribution in [2.24, 2.45) is 0 Å². The van der Waals surface area contributed by atoms with E-state index in [2.05, 4.69) is 20.6 Å². The number of hydrogen-bond acceptors (Lipinski definition) is 4. The van der Waals surface area contributed by atoms with Crippen LogP contribution in [0.25, 0.3) is 0 Å². The third-order valence-corrected chi connectivity index (χ3v) is 2.79. The highest BCUT2D eigenvalue weighted by Crippen LogP contribution is 2.11. The average molecular weight is 241 g/mol. The minimum atomic E-state index is -0.235. The monoisotopic (exact) mass is 240 g/mol. The molecule has 1 aliphatic rings. The van der Waals surface area contributed by atoms with Crippen molar-refractivity contribution in [3.63, 3.8) is 0 Å². The summed E-state index contributed by atoms with van der Waals surface area (Å²) in [5.41, 5.74) is 0.238. The number of halogens is 1. The molecule has 5 nitrogen and oxygen atoms in total. The van der Waals surface area contributed by atoms with E-state index in [9.17, 15) is 4.79 Å². The van der Waals surface area contributed by atoms with Crippen molar-refractivity contribution in [1.82, 2.24) is 20.6 Å². The fourth-order valence-corrected chi connectivity index (χ4v) is 1.90. The van der Waals surface area contributed by atoms with Gasteiger partial charge in [0, 0.05) is 18.8 Å². The lowest BCUT2D eigenvalue weighted by molar-refractivity contribution is 0.0925. The first-order valence-corrected chi connectivity index (χ1v) is 5.62. The number of amides is 1. The lowest BCUT2D eigenvalue weighted by atomic mass is 10.1. The van der Waals surface area contributed by atoms with E-state index in [0.717, 1.165) is 25.9 Å². The van der Waals surface area contributed by atoms with E-state index in [1.807, 2.05) is 0 Å². The molecule has 0 bridgehead atoms. The van der Waals surface area contributed by atoms with Crippen molar-refractivity contribution in [3.8, 4) is 0 Å². The molecule has 0 radical (unpaired) electrons. The van der Waals surface area contributed by atoms with Crippen LogP contribution in [0.3, 0.4) is 0 Å². The minimum Gasteiger partial charge on any atom is -0.347 e. The summed E-state index contributed by atoms with van der Waals surface area (Å²) in [5, 5.41) is 6.41. The van der Waals surface area contributed by atoms with Crippen LogP contribution in [0.5, 0.6) is 0 Å². The van der Waals surface area contributed by atoms with Gasteiger partial charge in [-0.05, 0) is 19.4 Å². The summed E-state index contributed by atoms with van der Waals surface area (Å²) >= 11 is 5.84. The zero-order chi connectivity index (χ0) is 11.4. The molecule has 6 heteroatoms. The van der Waals surface area contributed by atoms with Crippen LogP contribution < -0.4 is 10.6 Å². The molecule has 0 aliphatic carbocycles. The van der Waals surface area contributed by atoms with Gasteiger partial charge in [0.05, 0.1) is 5.02 Å². The van der Waals surface area contributed by atoms with Crippen LogP contribution in [-0.4, -0.2) is 35.0 Å². The predicted molar refractivity (Wildman–Crippen MR) is 60.4 cm³/mol. The van der Waals surface area contributed by atoms with Gasteiger partial charge in [-0.25, -0.2) is 9.97 Å². The van der Waals surface area contributed by atoms with E-state index < -0.39 is 0 Å². The fraction of sp³-hybridized carbons (Fsp3) is 0.500. The Hall–Kier alpha value is -1.20. The van der Waals surface area contributed by atoms with E-state index in [-0.39, 0.29) is 22.7 Å². The third kappa shape index (κ3) is 2.68. The number of piperidine rings is 1. The van der Waals surface area contributed by atoms with Gasteiger partial charge in [0.15, 0.2) is 0 Å². The molecule has 1 aromatic heterocycles. The van der Waals surface area contributed by atoms with Gasteiger partial charge >= 0.3 is 0 Å². The maximum absolute atomic E-state index is 11.8. The predicted octanol–water partition coefficient (Wildman–Crippen LogP) is 0.612. The highest BCUT2D eigenvalue weighted by molar-refractivity contribution is 6.33. The van der Waals surface area contributed by atoms with Crippen LogP contribution in [0.2, 0.25) is 5.02 Å². The molecule has 86 valence electrons. The summed E-state index contributed by atoms with van der Waals surface area (Å²) in [4.78, 5) is 19.4. The van der Waals surface area contributed by atoms with E-state index in [4.69, 9.17) is 11.6 Å². The molecule has 0 saturated carbocycles. The van der Waals surface area contributed by atoms with Crippen LogP contribution in [0, 0.1) is 0 Å². The number of carbonyl (C=O) groups is 1. The van der Waals surface area contributed by atoms with Crippen molar-refractivity contribution in [2.75, 3.05) is 13.1 Å². The topological polar surface area (TPSA) is 66.9 Å². The SMILES string of the molecule is O=C(N[C@H]1CCCNC1)c1ncncc1Cl. The molecular formula is C10H13ClN4O. The summed E-state index contributed by atoms with van der Waals surface area (Å²) in [6, 6.07) is 0.160. The van der Waals surface area contributed by atoms with Gasteiger partial charge in [-0.3, -0.25) is 4.79 Å². The maximum Gasteiger partial charge on any atom is 0.271 e. The molecule has 2 N–H and O–H groups in total. The van der Waals surface area contributed by atoms with Crippen molar-refractivity contribution < 1.29 is 4.79 Å². The van der Waals surface area contributed by atoms with E-state index in [1.54, 1.807) is 0 Å². The summed E-state index contributed by atoms with van der Waals surface area (Å²) < 4.78 is 0.